The lowest BCUT2D eigenvalue weighted by Crippen LogP contribution is -2.10. The zero-order valence-corrected chi connectivity index (χ0v) is 10.5. The van der Waals surface area contributed by atoms with Crippen LogP contribution in [0.2, 0.25) is 0 Å². The summed E-state index contributed by atoms with van der Waals surface area (Å²) in [7, 11) is 0. The lowest BCUT2D eigenvalue weighted by atomic mass is 10.1. The second-order valence-electron chi connectivity index (χ2n) is 4.57. The van der Waals surface area contributed by atoms with Crippen molar-refractivity contribution in [3.63, 3.8) is 0 Å². The van der Waals surface area contributed by atoms with Gasteiger partial charge in [0.05, 0.1) is 30.0 Å². The molecular weight excluding hydrogens is 262 g/mol. The van der Waals surface area contributed by atoms with Gasteiger partial charge in [0.15, 0.2) is 0 Å². The second-order valence-corrected chi connectivity index (χ2v) is 4.57. The van der Waals surface area contributed by atoms with Gasteiger partial charge in [0.2, 0.25) is 0 Å². The van der Waals surface area contributed by atoms with E-state index in [9.17, 15) is 13.9 Å². The molecule has 1 aromatic heterocycles. The average molecular weight is 274 g/mol. The Balaban J connectivity index is 1.92. The molecule has 2 aromatic carbocycles. The van der Waals surface area contributed by atoms with Crippen LogP contribution in [0.4, 0.5) is 8.78 Å². The first-order valence-electron chi connectivity index (χ1n) is 6.18. The summed E-state index contributed by atoms with van der Waals surface area (Å²) >= 11 is 0. The van der Waals surface area contributed by atoms with Crippen LogP contribution in [0.1, 0.15) is 11.7 Å². The minimum absolute atomic E-state index is 0.0530. The van der Waals surface area contributed by atoms with Gasteiger partial charge in [0, 0.05) is 5.56 Å². The molecule has 0 saturated heterocycles. The topological polar surface area (TPSA) is 38.0 Å². The van der Waals surface area contributed by atoms with E-state index < -0.39 is 17.7 Å². The van der Waals surface area contributed by atoms with E-state index in [0.29, 0.717) is 0 Å². The maximum absolute atomic E-state index is 13.6. The van der Waals surface area contributed by atoms with Gasteiger partial charge in [0.25, 0.3) is 0 Å². The largest absolute Gasteiger partial charge is 0.386 e. The molecule has 3 nitrogen and oxygen atoms in total. The molecule has 0 radical (unpaired) electrons. The maximum Gasteiger partial charge on any atom is 0.129 e. The number of aliphatic hydroxyl groups excluding tert-OH is 1. The molecule has 0 amide bonds. The summed E-state index contributed by atoms with van der Waals surface area (Å²) < 4.78 is 28.5. The fraction of sp³-hybridized carbons (Fsp3) is 0.133. The Kier molecular flexibility index (Phi) is 3.20. The van der Waals surface area contributed by atoms with Crippen LogP contribution in [0.3, 0.4) is 0 Å². The Hall–Kier alpha value is -2.27. The van der Waals surface area contributed by atoms with Crippen molar-refractivity contribution in [2.75, 3.05) is 0 Å². The van der Waals surface area contributed by atoms with Crippen molar-refractivity contribution in [2.45, 2.75) is 12.6 Å². The molecule has 5 heteroatoms. The van der Waals surface area contributed by atoms with Crippen LogP contribution in [-0.2, 0) is 6.54 Å². The van der Waals surface area contributed by atoms with E-state index >= 15 is 0 Å². The van der Waals surface area contributed by atoms with Gasteiger partial charge in [-0.25, -0.2) is 13.8 Å². The van der Waals surface area contributed by atoms with Crippen LogP contribution in [0.15, 0.2) is 48.8 Å². The van der Waals surface area contributed by atoms with E-state index in [1.807, 2.05) is 24.3 Å². The van der Waals surface area contributed by atoms with Gasteiger partial charge in [0.1, 0.15) is 11.6 Å². The van der Waals surface area contributed by atoms with E-state index in [1.54, 1.807) is 10.9 Å². The molecule has 0 aliphatic rings. The van der Waals surface area contributed by atoms with Crippen LogP contribution in [0.5, 0.6) is 0 Å². The van der Waals surface area contributed by atoms with Crippen molar-refractivity contribution in [3.05, 3.63) is 66.0 Å². The monoisotopic (exact) mass is 274 g/mol. The minimum Gasteiger partial charge on any atom is -0.386 e. The maximum atomic E-state index is 13.6. The standard InChI is InChI=1S/C15H12F2N2O/c16-10-5-6-12(17)11(7-10)15(20)8-19-9-18-13-3-1-2-4-14(13)19/h1-7,9,15,20H,8H2/t15-/m0/s1. The van der Waals surface area contributed by atoms with E-state index in [-0.39, 0.29) is 12.1 Å². The van der Waals surface area contributed by atoms with E-state index in [2.05, 4.69) is 4.98 Å². The molecule has 20 heavy (non-hydrogen) atoms. The lowest BCUT2D eigenvalue weighted by molar-refractivity contribution is 0.153. The summed E-state index contributed by atoms with van der Waals surface area (Å²) in [6.45, 7) is 0.112. The van der Waals surface area contributed by atoms with Gasteiger partial charge in [-0.3, -0.25) is 0 Å². The molecule has 0 aliphatic carbocycles. The van der Waals surface area contributed by atoms with Crippen LogP contribution in [0.25, 0.3) is 11.0 Å². The number of hydrogen-bond acceptors (Lipinski definition) is 2. The Morgan fingerprint density at radius 2 is 1.95 bits per heavy atom. The SMILES string of the molecule is O[C@@H](Cn1cnc2ccccc21)c1cc(F)ccc1F. The number of aliphatic hydroxyl groups is 1. The van der Waals surface area contributed by atoms with Crippen LogP contribution in [-0.4, -0.2) is 14.7 Å². The summed E-state index contributed by atoms with van der Waals surface area (Å²) in [6, 6.07) is 10.5. The van der Waals surface area contributed by atoms with Crippen molar-refractivity contribution >= 4 is 11.0 Å². The zero-order valence-electron chi connectivity index (χ0n) is 10.5. The van der Waals surface area contributed by atoms with Gasteiger partial charge in [-0.2, -0.15) is 0 Å². The normalized spacial score (nSPS) is 12.8. The number of imidazole rings is 1. The Bertz CT molecular complexity index is 754. The highest BCUT2D eigenvalue weighted by atomic mass is 19.1. The molecule has 0 spiro atoms. The predicted octanol–water partition coefficient (Wildman–Crippen LogP) is 3.05. The Labute approximate surface area is 114 Å². The number of para-hydroxylation sites is 2. The molecule has 1 heterocycles. The quantitative estimate of drug-likeness (QED) is 0.797. The van der Waals surface area contributed by atoms with Gasteiger partial charge >= 0.3 is 0 Å². The van der Waals surface area contributed by atoms with Crippen molar-refractivity contribution in [3.8, 4) is 0 Å². The predicted molar refractivity (Wildman–Crippen MR) is 71.1 cm³/mol. The number of fused-ring (bicyclic) bond motifs is 1. The van der Waals surface area contributed by atoms with Crippen LogP contribution >= 0.6 is 0 Å². The minimum atomic E-state index is -1.14. The first-order chi connectivity index (χ1) is 9.65. The highest BCUT2D eigenvalue weighted by molar-refractivity contribution is 5.74. The number of nitrogens with zero attached hydrogens (tertiary/aromatic N) is 2. The molecule has 1 atom stereocenters. The third-order valence-electron chi connectivity index (χ3n) is 3.21. The molecule has 102 valence electrons. The number of hydrogen-bond donors (Lipinski definition) is 1. The first-order valence-corrected chi connectivity index (χ1v) is 6.18. The van der Waals surface area contributed by atoms with Crippen molar-refractivity contribution in [2.24, 2.45) is 0 Å². The third kappa shape index (κ3) is 2.28. The lowest BCUT2D eigenvalue weighted by Gasteiger charge is -2.13. The van der Waals surface area contributed by atoms with E-state index in [4.69, 9.17) is 0 Å². The van der Waals surface area contributed by atoms with Gasteiger partial charge in [-0.15, -0.1) is 0 Å². The third-order valence-corrected chi connectivity index (χ3v) is 3.21. The number of halogens is 2. The molecule has 0 saturated carbocycles. The average Bonchev–Trinajstić information content (AvgIpc) is 2.85. The summed E-state index contributed by atoms with van der Waals surface area (Å²) in [6.07, 6.45) is 0.439. The molecule has 0 bridgehead atoms. The number of rotatable bonds is 3. The van der Waals surface area contributed by atoms with E-state index in [0.717, 1.165) is 29.2 Å². The van der Waals surface area contributed by atoms with Crippen molar-refractivity contribution in [1.82, 2.24) is 9.55 Å². The molecule has 0 fully saturated rings. The van der Waals surface area contributed by atoms with Crippen molar-refractivity contribution in [1.29, 1.82) is 0 Å². The van der Waals surface area contributed by atoms with Gasteiger partial charge in [-0.05, 0) is 30.3 Å². The summed E-state index contributed by atoms with van der Waals surface area (Å²) in [5, 5.41) is 10.1. The van der Waals surface area contributed by atoms with Gasteiger partial charge < -0.3 is 9.67 Å². The smallest absolute Gasteiger partial charge is 0.129 e. The summed E-state index contributed by atoms with van der Waals surface area (Å²) in [4.78, 5) is 4.19. The second kappa shape index (κ2) is 5.02. The highest BCUT2D eigenvalue weighted by Crippen LogP contribution is 2.22. The highest BCUT2D eigenvalue weighted by Gasteiger charge is 2.15. The Morgan fingerprint density at radius 1 is 1.15 bits per heavy atom. The molecule has 3 aromatic rings. The molecule has 0 unspecified atom stereocenters. The van der Waals surface area contributed by atoms with Crippen LogP contribution in [0, 0.1) is 11.6 Å². The van der Waals surface area contributed by atoms with E-state index in [1.165, 1.54) is 0 Å². The zero-order chi connectivity index (χ0) is 14.1. The molecule has 3 rings (SSSR count). The summed E-state index contributed by atoms with van der Waals surface area (Å²) in [5.41, 5.74) is 1.57. The Morgan fingerprint density at radius 3 is 2.80 bits per heavy atom. The number of benzene rings is 2. The fourth-order valence-electron chi connectivity index (χ4n) is 2.21. The van der Waals surface area contributed by atoms with Crippen molar-refractivity contribution < 1.29 is 13.9 Å². The first kappa shape index (κ1) is 12.7. The van der Waals surface area contributed by atoms with Crippen LogP contribution < -0.4 is 0 Å². The molecule has 1 N–H and O–H groups in total. The molecular formula is C15H12F2N2O. The fourth-order valence-corrected chi connectivity index (χ4v) is 2.21. The van der Waals surface area contributed by atoms with Gasteiger partial charge in [-0.1, -0.05) is 12.1 Å². The summed E-state index contributed by atoms with van der Waals surface area (Å²) in [5.74, 6) is -1.20. The molecule has 0 aliphatic heterocycles. The number of aromatic nitrogens is 2.